The van der Waals surface area contributed by atoms with Gasteiger partial charge in [-0.05, 0) is 0 Å². The Morgan fingerprint density at radius 3 is 2.62 bits per heavy atom. The maximum Gasteiger partial charge on any atom is 0.167 e. The fourth-order valence-corrected chi connectivity index (χ4v) is 1.38. The Bertz CT molecular complexity index is 383. The van der Waals surface area contributed by atoms with Crippen LogP contribution in [-0.4, -0.2) is 5.16 Å². The Hall–Kier alpha value is -1.09. The summed E-state index contributed by atoms with van der Waals surface area (Å²) in [5.74, 6) is 0.815. The summed E-state index contributed by atoms with van der Waals surface area (Å²) < 4.78 is 5.16. The molecule has 0 radical (unpaired) electrons. The highest BCUT2D eigenvalue weighted by Crippen LogP contribution is 2.20. The molecule has 66 valence electrons. The van der Waals surface area contributed by atoms with Crippen LogP contribution in [0.25, 0.3) is 11.3 Å². The minimum absolute atomic E-state index is 0.726. The third-order valence-electron chi connectivity index (χ3n) is 1.75. The molecular formula is C10H8BrNO. The van der Waals surface area contributed by atoms with Crippen LogP contribution in [0.1, 0.15) is 5.69 Å². The maximum atomic E-state index is 5.16. The molecule has 0 amide bonds. The Labute approximate surface area is 84.7 Å². The van der Waals surface area contributed by atoms with E-state index in [-0.39, 0.29) is 0 Å². The van der Waals surface area contributed by atoms with E-state index in [1.54, 1.807) is 0 Å². The summed E-state index contributed by atoms with van der Waals surface area (Å²) in [5.41, 5.74) is 1.97. The van der Waals surface area contributed by atoms with E-state index in [9.17, 15) is 0 Å². The van der Waals surface area contributed by atoms with Crippen molar-refractivity contribution in [3.63, 3.8) is 0 Å². The molecule has 1 aromatic carbocycles. The number of benzene rings is 1. The summed E-state index contributed by atoms with van der Waals surface area (Å²) in [6.07, 6.45) is 0. The van der Waals surface area contributed by atoms with Gasteiger partial charge < -0.3 is 4.52 Å². The second-order valence-corrected chi connectivity index (χ2v) is 3.24. The van der Waals surface area contributed by atoms with Crippen molar-refractivity contribution in [2.45, 2.75) is 5.33 Å². The van der Waals surface area contributed by atoms with E-state index in [1.165, 1.54) is 0 Å². The third kappa shape index (κ3) is 1.80. The summed E-state index contributed by atoms with van der Waals surface area (Å²) in [7, 11) is 0. The lowest BCUT2D eigenvalue weighted by Gasteiger charge is -1.91. The minimum Gasteiger partial charge on any atom is -0.356 e. The fraction of sp³-hybridized carbons (Fsp3) is 0.100. The maximum absolute atomic E-state index is 5.16. The Morgan fingerprint density at radius 2 is 2.00 bits per heavy atom. The van der Waals surface area contributed by atoms with Crippen molar-refractivity contribution in [3.8, 4) is 11.3 Å². The molecule has 0 N–H and O–H groups in total. The Morgan fingerprint density at radius 1 is 1.23 bits per heavy atom. The number of alkyl halides is 1. The Balaban J connectivity index is 2.36. The molecule has 0 atom stereocenters. The van der Waals surface area contributed by atoms with Crippen LogP contribution in [-0.2, 0) is 5.33 Å². The number of hydrogen-bond donors (Lipinski definition) is 0. The van der Waals surface area contributed by atoms with Gasteiger partial charge >= 0.3 is 0 Å². The van der Waals surface area contributed by atoms with Crippen LogP contribution < -0.4 is 0 Å². The first kappa shape index (κ1) is 8.51. The molecular weight excluding hydrogens is 230 g/mol. The summed E-state index contributed by atoms with van der Waals surface area (Å²) in [6.45, 7) is 0. The average Bonchev–Trinajstić information content (AvgIpc) is 2.67. The molecule has 0 aliphatic rings. The normalized spacial score (nSPS) is 10.2. The van der Waals surface area contributed by atoms with Crippen molar-refractivity contribution in [1.29, 1.82) is 0 Å². The molecule has 1 heterocycles. The first-order valence-corrected chi connectivity index (χ1v) is 5.09. The molecule has 13 heavy (non-hydrogen) atoms. The monoisotopic (exact) mass is 237 g/mol. The number of nitrogens with zero attached hydrogens (tertiary/aromatic N) is 1. The molecule has 2 nitrogen and oxygen atoms in total. The van der Waals surface area contributed by atoms with Crippen LogP contribution >= 0.6 is 15.9 Å². The highest BCUT2D eigenvalue weighted by atomic mass is 79.9. The largest absolute Gasteiger partial charge is 0.356 e. The van der Waals surface area contributed by atoms with Crippen LogP contribution in [0.5, 0.6) is 0 Å². The zero-order valence-corrected chi connectivity index (χ0v) is 8.49. The second kappa shape index (κ2) is 3.75. The molecule has 2 aromatic rings. The van der Waals surface area contributed by atoms with E-state index in [4.69, 9.17) is 4.52 Å². The highest BCUT2D eigenvalue weighted by Gasteiger charge is 2.03. The number of rotatable bonds is 2. The predicted molar refractivity (Wildman–Crippen MR) is 54.6 cm³/mol. The molecule has 0 fully saturated rings. The van der Waals surface area contributed by atoms with E-state index < -0.39 is 0 Å². The van der Waals surface area contributed by atoms with Crippen LogP contribution in [0.4, 0.5) is 0 Å². The molecule has 0 saturated carbocycles. The van der Waals surface area contributed by atoms with Gasteiger partial charge in [0.15, 0.2) is 5.76 Å². The number of hydrogen-bond acceptors (Lipinski definition) is 2. The number of halogens is 1. The summed E-state index contributed by atoms with van der Waals surface area (Å²) in [6, 6.07) is 11.9. The van der Waals surface area contributed by atoms with Gasteiger partial charge in [-0.3, -0.25) is 0 Å². The molecule has 0 aliphatic heterocycles. The quantitative estimate of drug-likeness (QED) is 0.750. The zero-order chi connectivity index (χ0) is 9.10. The first-order valence-electron chi connectivity index (χ1n) is 3.97. The molecule has 0 saturated heterocycles. The van der Waals surface area contributed by atoms with Crippen molar-refractivity contribution in [2.24, 2.45) is 0 Å². The molecule has 0 bridgehead atoms. The van der Waals surface area contributed by atoms with E-state index in [1.807, 2.05) is 36.4 Å². The van der Waals surface area contributed by atoms with E-state index in [2.05, 4.69) is 21.1 Å². The molecule has 0 aliphatic carbocycles. The molecule has 0 unspecified atom stereocenters. The van der Waals surface area contributed by atoms with Crippen molar-refractivity contribution in [1.82, 2.24) is 5.16 Å². The highest BCUT2D eigenvalue weighted by molar-refractivity contribution is 9.08. The lowest BCUT2D eigenvalue weighted by Crippen LogP contribution is -1.71. The van der Waals surface area contributed by atoms with Crippen molar-refractivity contribution >= 4 is 15.9 Å². The lowest BCUT2D eigenvalue weighted by atomic mass is 10.2. The van der Waals surface area contributed by atoms with Gasteiger partial charge in [-0.15, -0.1) is 0 Å². The van der Waals surface area contributed by atoms with Crippen LogP contribution in [0, 0.1) is 0 Å². The van der Waals surface area contributed by atoms with Gasteiger partial charge in [-0.2, -0.15) is 0 Å². The van der Waals surface area contributed by atoms with Crippen molar-refractivity contribution in [2.75, 3.05) is 0 Å². The topological polar surface area (TPSA) is 26.0 Å². The molecule has 2 rings (SSSR count). The predicted octanol–water partition coefficient (Wildman–Crippen LogP) is 3.24. The van der Waals surface area contributed by atoms with Crippen molar-refractivity contribution in [3.05, 3.63) is 42.1 Å². The fourth-order valence-electron chi connectivity index (χ4n) is 1.11. The summed E-state index contributed by atoms with van der Waals surface area (Å²) in [5, 5.41) is 4.61. The first-order chi connectivity index (χ1) is 6.40. The summed E-state index contributed by atoms with van der Waals surface area (Å²) in [4.78, 5) is 0. The Kier molecular flexibility index (Phi) is 2.45. The molecule has 1 aromatic heterocycles. The third-order valence-corrected chi connectivity index (χ3v) is 2.33. The molecule has 3 heteroatoms. The second-order valence-electron chi connectivity index (χ2n) is 2.68. The smallest absolute Gasteiger partial charge is 0.167 e. The van der Waals surface area contributed by atoms with Gasteiger partial charge in [0.05, 0.1) is 5.69 Å². The lowest BCUT2D eigenvalue weighted by molar-refractivity contribution is 0.426. The molecule has 0 spiro atoms. The van der Waals surface area contributed by atoms with Crippen LogP contribution in [0.2, 0.25) is 0 Å². The van der Waals surface area contributed by atoms with Crippen molar-refractivity contribution < 1.29 is 4.52 Å². The van der Waals surface area contributed by atoms with Gasteiger partial charge in [-0.25, -0.2) is 0 Å². The number of aromatic nitrogens is 1. The minimum atomic E-state index is 0.726. The van der Waals surface area contributed by atoms with E-state index in [0.717, 1.165) is 22.3 Å². The van der Waals surface area contributed by atoms with Gasteiger partial charge in [0, 0.05) is 17.0 Å². The van der Waals surface area contributed by atoms with Gasteiger partial charge in [-0.1, -0.05) is 51.4 Å². The van der Waals surface area contributed by atoms with Gasteiger partial charge in [0.25, 0.3) is 0 Å². The van der Waals surface area contributed by atoms with Crippen LogP contribution in [0.3, 0.4) is 0 Å². The SMILES string of the molecule is BrCc1cc(-c2ccccc2)on1. The van der Waals surface area contributed by atoms with Crippen LogP contribution in [0.15, 0.2) is 40.9 Å². The average molecular weight is 238 g/mol. The standard InChI is InChI=1S/C10H8BrNO/c11-7-9-6-10(13-12-9)8-4-2-1-3-5-8/h1-6H,7H2. The zero-order valence-electron chi connectivity index (χ0n) is 6.90. The van der Waals surface area contributed by atoms with Gasteiger partial charge in [0.1, 0.15) is 0 Å². The van der Waals surface area contributed by atoms with E-state index in [0.29, 0.717) is 0 Å². The summed E-state index contributed by atoms with van der Waals surface area (Å²) >= 11 is 3.32. The van der Waals surface area contributed by atoms with Gasteiger partial charge in [0.2, 0.25) is 0 Å². The van der Waals surface area contributed by atoms with E-state index >= 15 is 0 Å².